The van der Waals surface area contributed by atoms with E-state index in [-0.39, 0.29) is 6.54 Å². The highest BCUT2D eigenvalue weighted by Gasteiger charge is 2.27. The highest BCUT2D eigenvalue weighted by molar-refractivity contribution is 9.10. The van der Waals surface area contributed by atoms with Gasteiger partial charge < -0.3 is 10.6 Å². The number of hydrogen-bond acceptors (Lipinski definition) is 2. The van der Waals surface area contributed by atoms with Crippen LogP contribution in [0, 0.1) is 0 Å². The van der Waals surface area contributed by atoms with Crippen molar-refractivity contribution in [1.29, 1.82) is 0 Å². The third-order valence-corrected chi connectivity index (χ3v) is 2.63. The molecular formula is C10H12BrF3N2. The first kappa shape index (κ1) is 13.2. The molecule has 0 fully saturated rings. The van der Waals surface area contributed by atoms with E-state index in [9.17, 15) is 13.2 Å². The third-order valence-electron chi connectivity index (χ3n) is 2.13. The quantitative estimate of drug-likeness (QED) is 0.866. The summed E-state index contributed by atoms with van der Waals surface area (Å²) >= 11 is 3.25. The van der Waals surface area contributed by atoms with E-state index in [2.05, 4.69) is 15.9 Å². The van der Waals surface area contributed by atoms with Crippen LogP contribution in [0.3, 0.4) is 0 Å². The van der Waals surface area contributed by atoms with Crippen LogP contribution in [-0.4, -0.2) is 19.8 Å². The average molecular weight is 297 g/mol. The largest absolute Gasteiger partial charge is 0.397 e. The van der Waals surface area contributed by atoms with Crippen molar-refractivity contribution in [3.05, 3.63) is 22.7 Å². The summed E-state index contributed by atoms with van der Waals surface area (Å²) in [6.45, 7) is -0.107. The van der Waals surface area contributed by atoms with Crippen LogP contribution >= 0.6 is 15.9 Å². The summed E-state index contributed by atoms with van der Waals surface area (Å²) in [6.07, 6.45) is -5.00. The maximum atomic E-state index is 12.0. The van der Waals surface area contributed by atoms with Crippen molar-refractivity contribution in [2.45, 2.75) is 12.6 Å². The van der Waals surface area contributed by atoms with Crippen molar-refractivity contribution < 1.29 is 13.2 Å². The molecule has 0 unspecified atom stereocenters. The summed E-state index contributed by atoms with van der Waals surface area (Å²) in [5.74, 6) is 0. The van der Waals surface area contributed by atoms with Crippen molar-refractivity contribution in [1.82, 2.24) is 0 Å². The predicted octanol–water partition coefficient (Wildman–Crippen LogP) is 3.42. The Balaban J connectivity index is 2.73. The summed E-state index contributed by atoms with van der Waals surface area (Å²) in [7, 11) is 1.59. The van der Waals surface area contributed by atoms with Crippen molar-refractivity contribution in [3.8, 4) is 0 Å². The summed E-state index contributed by atoms with van der Waals surface area (Å²) in [6, 6.07) is 5.10. The monoisotopic (exact) mass is 296 g/mol. The lowest BCUT2D eigenvalue weighted by Crippen LogP contribution is -2.24. The number of benzene rings is 1. The van der Waals surface area contributed by atoms with E-state index >= 15 is 0 Å². The Morgan fingerprint density at radius 2 is 2.00 bits per heavy atom. The van der Waals surface area contributed by atoms with Gasteiger partial charge in [-0.1, -0.05) is 15.9 Å². The zero-order valence-electron chi connectivity index (χ0n) is 8.68. The lowest BCUT2D eigenvalue weighted by atomic mass is 10.2. The summed E-state index contributed by atoms with van der Waals surface area (Å²) in [5, 5.41) is 0. The van der Waals surface area contributed by atoms with Crippen molar-refractivity contribution in [3.63, 3.8) is 0 Å². The number of nitrogens with zero attached hydrogens (tertiary/aromatic N) is 1. The van der Waals surface area contributed by atoms with Crippen LogP contribution in [0.25, 0.3) is 0 Å². The first-order valence-corrected chi connectivity index (χ1v) is 5.42. The minimum Gasteiger partial charge on any atom is -0.397 e. The normalized spacial score (nSPS) is 11.6. The molecule has 1 aromatic rings. The van der Waals surface area contributed by atoms with Gasteiger partial charge in [-0.05, 0) is 18.2 Å². The van der Waals surface area contributed by atoms with Crippen molar-refractivity contribution >= 4 is 27.3 Å². The molecule has 0 heterocycles. The number of nitrogen functional groups attached to an aromatic ring is 1. The van der Waals surface area contributed by atoms with E-state index in [1.54, 1.807) is 25.2 Å². The second-order valence-corrected chi connectivity index (χ2v) is 4.41. The number of halogens is 4. The van der Waals surface area contributed by atoms with Crippen LogP contribution in [0.15, 0.2) is 22.7 Å². The molecule has 6 heteroatoms. The van der Waals surface area contributed by atoms with E-state index < -0.39 is 12.6 Å². The van der Waals surface area contributed by atoms with Crippen LogP contribution < -0.4 is 10.6 Å². The Kier molecular flexibility index (Phi) is 4.07. The zero-order chi connectivity index (χ0) is 12.3. The number of hydrogen-bond donors (Lipinski definition) is 1. The molecule has 16 heavy (non-hydrogen) atoms. The highest BCUT2D eigenvalue weighted by atomic mass is 79.9. The van der Waals surface area contributed by atoms with Gasteiger partial charge in [0.15, 0.2) is 0 Å². The first-order valence-electron chi connectivity index (χ1n) is 4.62. The number of nitrogens with two attached hydrogens (primary N) is 1. The molecule has 0 aliphatic carbocycles. The van der Waals surface area contributed by atoms with Crippen molar-refractivity contribution in [2.75, 3.05) is 24.2 Å². The van der Waals surface area contributed by atoms with Gasteiger partial charge in [0.1, 0.15) is 0 Å². The van der Waals surface area contributed by atoms with Gasteiger partial charge in [0.25, 0.3) is 0 Å². The number of alkyl halides is 3. The van der Waals surface area contributed by atoms with Crippen LogP contribution in [0.2, 0.25) is 0 Å². The predicted molar refractivity (Wildman–Crippen MR) is 62.5 cm³/mol. The summed E-state index contributed by atoms with van der Waals surface area (Å²) in [4.78, 5) is 1.49. The summed E-state index contributed by atoms with van der Waals surface area (Å²) in [5.41, 5.74) is 6.75. The second kappa shape index (κ2) is 4.95. The van der Waals surface area contributed by atoms with Gasteiger partial charge in [0.2, 0.25) is 0 Å². The Morgan fingerprint density at radius 3 is 2.56 bits per heavy atom. The Hall–Kier alpha value is -0.910. The van der Waals surface area contributed by atoms with Crippen LogP contribution in [0.4, 0.5) is 24.5 Å². The number of rotatable bonds is 3. The Labute approximate surface area is 100 Å². The first-order chi connectivity index (χ1) is 7.29. The molecule has 0 bridgehead atoms. The Bertz CT molecular complexity index is 366. The third kappa shape index (κ3) is 3.92. The fraction of sp³-hybridized carbons (Fsp3) is 0.400. The van der Waals surface area contributed by atoms with Gasteiger partial charge in [0.05, 0.1) is 17.8 Å². The molecule has 0 atom stereocenters. The van der Waals surface area contributed by atoms with Gasteiger partial charge in [-0.3, -0.25) is 0 Å². The fourth-order valence-corrected chi connectivity index (χ4v) is 1.61. The molecule has 1 rings (SSSR count). The minimum absolute atomic E-state index is 0.107. The molecule has 0 radical (unpaired) electrons. The molecule has 0 saturated carbocycles. The molecule has 1 aromatic carbocycles. The molecule has 90 valence electrons. The van der Waals surface area contributed by atoms with E-state index in [1.807, 2.05) is 0 Å². The van der Waals surface area contributed by atoms with E-state index in [4.69, 9.17) is 5.73 Å². The smallest absolute Gasteiger partial charge is 0.390 e. The molecule has 0 aliphatic heterocycles. The highest BCUT2D eigenvalue weighted by Crippen LogP contribution is 2.28. The van der Waals surface area contributed by atoms with Gasteiger partial charge >= 0.3 is 6.18 Å². The van der Waals surface area contributed by atoms with Crippen molar-refractivity contribution in [2.24, 2.45) is 0 Å². The van der Waals surface area contributed by atoms with Gasteiger partial charge in [-0.25, -0.2) is 0 Å². The lowest BCUT2D eigenvalue weighted by Gasteiger charge is -2.22. The van der Waals surface area contributed by atoms with Gasteiger partial charge in [-0.15, -0.1) is 0 Å². The SMILES string of the molecule is CN(CCC(F)(F)F)c1cc(Br)ccc1N. The van der Waals surface area contributed by atoms with Crippen LogP contribution in [-0.2, 0) is 0 Å². The standard InChI is InChI=1S/C10H12BrF3N2/c1-16(5-4-10(12,13)14)9-6-7(11)2-3-8(9)15/h2-3,6H,4-5,15H2,1H3. The zero-order valence-corrected chi connectivity index (χ0v) is 10.3. The molecule has 2 nitrogen and oxygen atoms in total. The minimum atomic E-state index is -4.14. The van der Waals surface area contributed by atoms with Crippen LogP contribution in [0.5, 0.6) is 0 Å². The Morgan fingerprint density at radius 1 is 1.38 bits per heavy atom. The van der Waals surface area contributed by atoms with E-state index in [0.29, 0.717) is 11.4 Å². The molecule has 2 N–H and O–H groups in total. The van der Waals surface area contributed by atoms with Gasteiger partial charge in [0, 0.05) is 18.1 Å². The van der Waals surface area contributed by atoms with Gasteiger partial charge in [-0.2, -0.15) is 13.2 Å². The van der Waals surface area contributed by atoms with Crippen LogP contribution in [0.1, 0.15) is 6.42 Å². The molecule has 0 aromatic heterocycles. The summed E-state index contributed by atoms with van der Waals surface area (Å²) < 4.78 is 36.9. The molecule has 0 amide bonds. The topological polar surface area (TPSA) is 29.3 Å². The molecule has 0 spiro atoms. The lowest BCUT2D eigenvalue weighted by molar-refractivity contribution is -0.132. The van der Waals surface area contributed by atoms with E-state index in [0.717, 1.165) is 4.47 Å². The maximum Gasteiger partial charge on any atom is 0.390 e. The molecular weight excluding hydrogens is 285 g/mol. The molecule has 0 aliphatic rings. The second-order valence-electron chi connectivity index (χ2n) is 3.49. The van der Waals surface area contributed by atoms with E-state index in [1.165, 1.54) is 4.90 Å². The maximum absolute atomic E-state index is 12.0. The number of anilines is 2. The molecule has 0 saturated heterocycles. The average Bonchev–Trinajstić information content (AvgIpc) is 2.17. The fourth-order valence-electron chi connectivity index (χ4n) is 1.26.